The summed E-state index contributed by atoms with van der Waals surface area (Å²) in [6.07, 6.45) is 2.96. The minimum atomic E-state index is -0.475. The van der Waals surface area contributed by atoms with E-state index in [1.165, 1.54) is 13.2 Å². The Morgan fingerprint density at radius 3 is 2.64 bits per heavy atom. The van der Waals surface area contributed by atoms with E-state index in [1.54, 1.807) is 42.5 Å². The Balaban J connectivity index is 1.52. The van der Waals surface area contributed by atoms with Crippen LogP contribution in [0.15, 0.2) is 65.1 Å². The summed E-state index contributed by atoms with van der Waals surface area (Å²) in [4.78, 5) is 26.8. The van der Waals surface area contributed by atoms with Crippen LogP contribution in [0, 0.1) is 0 Å². The van der Waals surface area contributed by atoms with E-state index in [0.29, 0.717) is 54.1 Å². The molecule has 7 nitrogen and oxygen atoms in total. The van der Waals surface area contributed by atoms with Crippen molar-refractivity contribution in [1.29, 1.82) is 0 Å². The molecule has 1 aliphatic heterocycles. The van der Waals surface area contributed by atoms with Gasteiger partial charge in [-0.2, -0.15) is 0 Å². The van der Waals surface area contributed by atoms with E-state index in [9.17, 15) is 9.59 Å². The van der Waals surface area contributed by atoms with Crippen LogP contribution < -0.4 is 10.2 Å². The average molecular weight is 467 g/mol. The number of nitrogens with one attached hydrogen (secondary N) is 1. The van der Waals surface area contributed by atoms with Crippen molar-refractivity contribution in [2.45, 2.75) is 0 Å². The zero-order valence-electron chi connectivity index (χ0n) is 18.0. The van der Waals surface area contributed by atoms with Crippen molar-refractivity contribution in [3.63, 3.8) is 0 Å². The van der Waals surface area contributed by atoms with Gasteiger partial charge in [0.25, 0.3) is 0 Å². The summed E-state index contributed by atoms with van der Waals surface area (Å²) >= 11 is 6.22. The van der Waals surface area contributed by atoms with Crippen LogP contribution in [0.4, 0.5) is 11.4 Å². The Kier molecular flexibility index (Phi) is 7.12. The molecule has 0 unspecified atom stereocenters. The summed E-state index contributed by atoms with van der Waals surface area (Å²) < 4.78 is 16.0. The highest BCUT2D eigenvalue weighted by molar-refractivity contribution is 6.33. The molecule has 1 N–H and O–H groups in total. The van der Waals surface area contributed by atoms with Crippen LogP contribution >= 0.6 is 11.6 Å². The van der Waals surface area contributed by atoms with Crippen LogP contribution in [0.25, 0.3) is 17.4 Å². The van der Waals surface area contributed by atoms with E-state index < -0.39 is 5.97 Å². The summed E-state index contributed by atoms with van der Waals surface area (Å²) in [5.74, 6) is 0.289. The van der Waals surface area contributed by atoms with Gasteiger partial charge in [-0.25, -0.2) is 4.79 Å². The number of anilines is 2. The van der Waals surface area contributed by atoms with Gasteiger partial charge >= 0.3 is 5.97 Å². The molecule has 0 atom stereocenters. The second-order valence-electron chi connectivity index (χ2n) is 7.33. The van der Waals surface area contributed by atoms with Gasteiger partial charge in [-0.05, 0) is 48.5 Å². The first-order valence-electron chi connectivity index (χ1n) is 10.4. The highest BCUT2D eigenvalue weighted by atomic mass is 35.5. The zero-order chi connectivity index (χ0) is 23.2. The van der Waals surface area contributed by atoms with E-state index in [2.05, 4.69) is 10.2 Å². The van der Waals surface area contributed by atoms with E-state index in [4.69, 9.17) is 25.5 Å². The van der Waals surface area contributed by atoms with Crippen molar-refractivity contribution in [3.05, 3.63) is 77.0 Å². The minimum Gasteiger partial charge on any atom is -0.465 e. The number of hydrogen-bond donors (Lipinski definition) is 1. The smallest absolute Gasteiger partial charge is 0.337 e. The van der Waals surface area contributed by atoms with E-state index in [1.807, 2.05) is 18.2 Å². The topological polar surface area (TPSA) is 81.0 Å². The van der Waals surface area contributed by atoms with Crippen LogP contribution in [-0.2, 0) is 14.3 Å². The van der Waals surface area contributed by atoms with Crippen molar-refractivity contribution >= 4 is 40.9 Å². The van der Waals surface area contributed by atoms with Gasteiger partial charge in [0.15, 0.2) is 0 Å². The van der Waals surface area contributed by atoms with Crippen molar-refractivity contribution in [2.24, 2.45) is 0 Å². The lowest BCUT2D eigenvalue weighted by Gasteiger charge is -2.30. The predicted octanol–water partition coefficient (Wildman–Crippen LogP) is 4.88. The SMILES string of the molecule is COC(=O)c1ccc(N2CCOCC2)c(NC(=O)/C=C/c2ccc(-c3ccccc3Cl)o2)c1. The number of halogens is 1. The molecule has 0 spiro atoms. The van der Waals surface area contributed by atoms with Crippen molar-refractivity contribution in [3.8, 4) is 11.3 Å². The highest BCUT2D eigenvalue weighted by Gasteiger charge is 2.18. The normalized spacial score (nSPS) is 13.8. The minimum absolute atomic E-state index is 0.351. The number of hydrogen-bond acceptors (Lipinski definition) is 6. The van der Waals surface area contributed by atoms with Crippen LogP contribution in [0.3, 0.4) is 0 Å². The number of benzene rings is 2. The maximum absolute atomic E-state index is 12.7. The first-order valence-corrected chi connectivity index (χ1v) is 10.8. The number of rotatable bonds is 6. The largest absolute Gasteiger partial charge is 0.465 e. The fraction of sp³-hybridized carbons (Fsp3) is 0.200. The second kappa shape index (κ2) is 10.4. The number of nitrogens with zero attached hydrogens (tertiary/aromatic N) is 1. The van der Waals surface area contributed by atoms with Crippen LogP contribution in [0.2, 0.25) is 5.02 Å². The molecule has 1 aromatic heterocycles. The summed E-state index contributed by atoms with van der Waals surface area (Å²) in [5, 5.41) is 3.45. The molecule has 2 heterocycles. The monoisotopic (exact) mass is 466 g/mol. The van der Waals surface area contributed by atoms with E-state index >= 15 is 0 Å². The molecule has 0 bridgehead atoms. The van der Waals surface area contributed by atoms with Gasteiger partial charge in [-0.3, -0.25) is 4.79 Å². The van der Waals surface area contributed by atoms with Crippen molar-refractivity contribution in [1.82, 2.24) is 0 Å². The highest BCUT2D eigenvalue weighted by Crippen LogP contribution is 2.30. The van der Waals surface area contributed by atoms with Crippen molar-refractivity contribution < 1.29 is 23.5 Å². The Bertz CT molecular complexity index is 1180. The van der Waals surface area contributed by atoms with E-state index in [0.717, 1.165) is 11.3 Å². The fourth-order valence-electron chi connectivity index (χ4n) is 3.54. The van der Waals surface area contributed by atoms with Gasteiger partial charge in [0.1, 0.15) is 11.5 Å². The standard InChI is InChI=1S/C25H23ClN2O5/c1-31-25(30)17-6-9-22(28-12-14-32-15-13-28)21(16-17)27-24(29)11-8-18-7-10-23(33-18)19-4-2-3-5-20(19)26/h2-11,16H,12-15H2,1H3,(H,27,29)/b11-8+. The zero-order valence-corrected chi connectivity index (χ0v) is 18.8. The summed E-state index contributed by atoms with van der Waals surface area (Å²) in [6.45, 7) is 2.57. The third kappa shape index (κ3) is 5.45. The molecule has 0 saturated carbocycles. The van der Waals surface area contributed by atoms with Gasteiger partial charge in [0.2, 0.25) is 5.91 Å². The van der Waals surface area contributed by atoms with Crippen molar-refractivity contribution in [2.75, 3.05) is 43.6 Å². The molecule has 1 amide bonds. The first kappa shape index (κ1) is 22.6. The van der Waals surface area contributed by atoms with Crippen LogP contribution in [-0.4, -0.2) is 45.3 Å². The van der Waals surface area contributed by atoms with Crippen LogP contribution in [0.5, 0.6) is 0 Å². The lowest BCUT2D eigenvalue weighted by molar-refractivity contribution is -0.111. The molecular weight excluding hydrogens is 444 g/mol. The average Bonchev–Trinajstić information content (AvgIpc) is 3.32. The quantitative estimate of drug-likeness (QED) is 0.412. The Labute approximate surface area is 196 Å². The lowest BCUT2D eigenvalue weighted by atomic mass is 10.1. The molecule has 1 aliphatic rings. The Morgan fingerprint density at radius 2 is 1.88 bits per heavy atom. The molecule has 33 heavy (non-hydrogen) atoms. The maximum atomic E-state index is 12.7. The van der Waals surface area contributed by atoms with Gasteiger partial charge in [0, 0.05) is 24.7 Å². The number of ether oxygens (including phenoxy) is 2. The molecule has 170 valence electrons. The van der Waals surface area contributed by atoms with Gasteiger partial charge < -0.3 is 24.1 Å². The number of amides is 1. The number of esters is 1. The molecule has 8 heteroatoms. The van der Waals surface area contributed by atoms with E-state index in [-0.39, 0.29) is 5.91 Å². The van der Waals surface area contributed by atoms with Gasteiger partial charge in [0.05, 0.1) is 42.3 Å². The number of methoxy groups -OCH3 is 1. The third-order valence-electron chi connectivity index (χ3n) is 5.19. The Morgan fingerprint density at radius 1 is 1.09 bits per heavy atom. The predicted molar refractivity (Wildman–Crippen MR) is 128 cm³/mol. The van der Waals surface area contributed by atoms with Crippen LogP contribution in [0.1, 0.15) is 16.1 Å². The Hall–Kier alpha value is -3.55. The maximum Gasteiger partial charge on any atom is 0.337 e. The molecule has 1 fully saturated rings. The molecular formula is C25H23ClN2O5. The molecule has 4 rings (SSSR count). The molecule has 0 aliphatic carbocycles. The van der Waals surface area contributed by atoms with Gasteiger partial charge in [-0.1, -0.05) is 23.7 Å². The first-order chi connectivity index (χ1) is 16.0. The molecule has 0 radical (unpaired) electrons. The summed E-state index contributed by atoms with van der Waals surface area (Å²) in [5.41, 5.74) is 2.46. The fourth-order valence-corrected chi connectivity index (χ4v) is 3.77. The lowest BCUT2D eigenvalue weighted by Crippen LogP contribution is -2.36. The second-order valence-corrected chi connectivity index (χ2v) is 7.73. The summed E-state index contributed by atoms with van der Waals surface area (Å²) in [7, 11) is 1.32. The third-order valence-corrected chi connectivity index (χ3v) is 5.52. The van der Waals surface area contributed by atoms with Gasteiger partial charge in [-0.15, -0.1) is 0 Å². The molecule has 1 saturated heterocycles. The molecule has 3 aromatic rings. The number of carbonyl (C=O) groups excluding carboxylic acids is 2. The number of furan rings is 1. The number of carbonyl (C=O) groups is 2. The molecule has 2 aromatic carbocycles. The number of morpholine rings is 1. The summed E-state index contributed by atoms with van der Waals surface area (Å²) in [6, 6.07) is 16.0.